The van der Waals surface area contributed by atoms with E-state index in [1.807, 2.05) is 36.4 Å². The highest BCUT2D eigenvalue weighted by atomic mass is 79.9. The van der Waals surface area contributed by atoms with Crippen LogP contribution in [0.5, 0.6) is 0 Å². The van der Waals surface area contributed by atoms with Crippen molar-refractivity contribution in [3.8, 4) is 6.07 Å². The molecule has 0 spiro atoms. The van der Waals surface area contributed by atoms with Gasteiger partial charge in [0, 0.05) is 22.1 Å². The summed E-state index contributed by atoms with van der Waals surface area (Å²) in [6.07, 6.45) is 1.62. The minimum absolute atomic E-state index is 0.0889. The van der Waals surface area contributed by atoms with Gasteiger partial charge in [0.15, 0.2) is 0 Å². The number of hydrogen-bond acceptors (Lipinski definition) is 3. The van der Waals surface area contributed by atoms with Crippen LogP contribution in [0.25, 0.3) is 10.9 Å². The standard InChI is InChI=1S/C18H14BrN3/c1-12(13-6-8-15(19)9-7-13)22-18-14(10-20)11-21-17-5-3-2-4-16(17)18/h2-9,11-12H,1H3,(H,21,22)/t12-/m1/s1. The van der Waals surface area contributed by atoms with Gasteiger partial charge in [-0.2, -0.15) is 5.26 Å². The van der Waals surface area contributed by atoms with Gasteiger partial charge in [-0.25, -0.2) is 0 Å². The summed E-state index contributed by atoms with van der Waals surface area (Å²) in [4.78, 5) is 4.34. The molecule has 108 valence electrons. The summed E-state index contributed by atoms with van der Waals surface area (Å²) < 4.78 is 1.05. The van der Waals surface area contributed by atoms with Crippen molar-refractivity contribution in [2.24, 2.45) is 0 Å². The fourth-order valence-electron chi connectivity index (χ4n) is 2.43. The van der Waals surface area contributed by atoms with Gasteiger partial charge in [-0.05, 0) is 30.7 Å². The van der Waals surface area contributed by atoms with Crippen LogP contribution < -0.4 is 5.32 Å². The maximum Gasteiger partial charge on any atom is 0.103 e. The van der Waals surface area contributed by atoms with Crippen LogP contribution in [0.1, 0.15) is 24.1 Å². The third-order valence-electron chi connectivity index (χ3n) is 3.63. The van der Waals surface area contributed by atoms with E-state index in [1.165, 1.54) is 0 Å². The van der Waals surface area contributed by atoms with Crippen molar-refractivity contribution in [2.75, 3.05) is 5.32 Å². The predicted octanol–water partition coefficient (Wildman–Crippen LogP) is 5.04. The molecule has 3 aromatic rings. The summed E-state index contributed by atoms with van der Waals surface area (Å²) in [5.74, 6) is 0. The Morgan fingerprint density at radius 1 is 1.14 bits per heavy atom. The Hall–Kier alpha value is -2.38. The molecular weight excluding hydrogens is 338 g/mol. The van der Waals surface area contributed by atoms with E-state index in [0.717, 1.165) is 26.6 Å². The molecule has 0 unspecified atom stereocenters. The molecular formula is C18H14BrN3. The van der Waals surface area contributed by atoms with Gasteiger partial charge in [0.2, 0.25) is 0 Å². The Morgan fingerprint density at radius 3 is 2.59 bits per heavy atom. The summed E-state index contributed by atoms with van der Waals surface area (Å²) in [6, 6.07) is 18.3. The molecule has 3 rings (SSSR count). The van der Waals surface area contributed by atoms with Crippen molar-refractivity contribution in [1.29, 1.82) is 5.26 Å². The zero-order valence-electron chi connectivity index (χ0n) is 12.0. The van der Waals surface area contributed by atoms with Crippen LogP contribution in [0.15, 0.2) is 59.2 Å². The molecule has 0 aliphatic carbocycles. The Bertz CT molecular complexity index is 850. The monoisotopic (exact) mass is 351 g/mol. The number of anilines is 1. The third kappa shape index (κ3) is 2.81. The van der Waals surface area contributed by atoms with E-state index in [0.29, 0.717) is 5.56 Å². The molecule has 1 N–H and O–H groups in total. The van der Waals surface area contributed by atoms with Crippen molar-refractivity contribution in [3.63, 3.8) is 0 Å². The molecule has 0 radical (unpaired) electrons. The Labute approximate surface area is 137 Å². The van der Waals surface area contributed by atoms with Crippen LogP contribution in [0.3, 0.4) is 0 Å². The second-order valence-electron chi connectivity index (χ2n) is 5.09. The SMILES string of the molecule is C[C@@H](Nc1c(C#N)cnc2ccccc12)c1ccc(Br)cc1. The molecule has 0 aliphatic rings. The summed E-state index contributed by atoms with van der Waals surface area (Å²) in [7, 11) is 0. The van der Waals surface area contributed by atoms with Gasteiger partial charge < -0.3 is 5.32 Å². The average Bonchev–Trinajstić information content (AvgIpc) is 2.55. The van der Waals surface area contributed by atoms with E-state index >= 15 is 0 Å². The molecule has 0 fully saturated rings. The molecule has 1 atom stereocenters. The number of nitrogens with zero attached hydrogens (tertiary/aromatic N) is 2. The quantitative estimate of drug-likeness (QED) is 0.718. The Balaban J connectivity index is 2.02. The zero-order chi connectivity index (χ0) is 15.5. The number of nitrogens with one attached hydrogen (secondary N) is 1. The Morgan fingerprint density at radius 2 is 1.86 bits per heavy atom. The van der Waals surface area contributed by atoms with Crippen LogP contribution in [0.2, 0.25) is 0 Å². The van der Waals surface area contributed by atoms with Crippen molar-refractivity contribution in [3.05, 3.63) is 70.3 Å². The van der Waals surface area contributed by atoms with Gasteiger partial charge >= 0.3 is 0 Å². The molecule has 2 aromatic carbocycles. The molecule has 0 saturated carbocycles. The molecule has 0 saturated heterocycles. The zero-order valence-corrected chi connectivity index (χ0v) is 13.6. The lowest BCUT2D eigenvalue weighted by atomic mass is 10.1. The van der Waals surface area contributed by atoms with E-state index < -0.39 is 0 Å². The lowest BCUT2D eigenvalue weighted by Crippen LogP contribution is -2.08. The third-order valence-corrected chi connectivity index (χ3v) is 4.16. The van der Waals surface area contributed by atoms with Crippen molar-refractivity contribution in [1.82, 2.24) is 4.98 Å². The normalized spacial score (nSPS) is 11.9. The lowest BCUT2D eigenvalue weighted by Gasteiger charge is -2.18. The number of benzene rings is 2. The molecule has 0 aliphatic heterocycles. The van der Waals surface area contributed by atoms with Crippen molar-refractivity contribution < 1.29 is 0 Å². The van der Waals surface area contributed by atoms with E-state index in [1.54, 1.807) is 6.20 Å². The lowest BCUT2D eigenvalue weighted by molar-refractivity contribution is 0.885. The second-order valence-corrected chi connectivity index (χ2v) is 6.01. The number of hydrogen-bond donors (Lipinski definition) is 1. The summed E-state index contributed by atoms with van der Waals surface area (Å²) >= 11 is 3.45. The minimum atomic E-state index is 0.0889. The largest absolute Gasteiger partial charge is 0.377 e. The van der Waals surface area contributed by atoms with Crippen LogP contribution >= 0.6 is 15.9 Å². The Kier molecular flexibility index (Phi) is 4.08. The van der Waals surface area contributed by atoms with Crippen molar-refractivity contribution >= 4 is 32.5 Å². The number of nitriles is 1. The highest BCUT2D eigenvalue weighted by molar-refractivity contribution is 9.10. The van der Waals surface area contributed by atoms with Crippen LogP contribution in [-0.4, -0.2) is 4.98 Å². The van der Waals surface area contributed by atoms with Gasteiger partial charge in [0.25, 0.3) is 0 Å². The first kappa shape index (κ1) is 14.6. The van der Waals surface area contributed by atoms with Crippen LogP contribution in [-0.2, 0) is 0 Å². The van der Waals surface area contributed by atoms with Gasteiger partial charge in [-0.3, -0.25) is 4.98 Å². The average molecular weight is 352 g/mol. The molecule has 3 nitrogen and oxygen atoms in total. The fourth-order valence-corrected chi connectivity index (χ4v) is 2.70. The fraction of sp³-hybridized carbons (Fsp3) is 0.111. The summed E-state index contributed by atoms with van der Waals surface area (Å²) in [6.45, 7) is 2.08. The number of rotatable bonds is 3. The second kappa shape index (κ2) is 6.17. The molecule has 0 amide bonds. The molecule has 1 aromatic heterocycles. The van der Waals surface area contributed by atoms with E-state index in [4.69, 9.17) is 0 Å². The van der Waals surface area contributed by atoms with Crippen molar-refractivity contribution in [2.45, 2.75) is 13.0 Å². The highest BCUT2D eigenvalue weighted by Crippen LogP contribution is 2.29. The van der Waals surface area contributed by atoms with Gasteiger partial charge in [0.1, 0.15) is 6.07 Å². The van der Waals surface area contributed by atoms with E-state index in [-0.39, 0.29) is 6.04 Å². The smallest absolute Gasteiger partial charge is 0.103 e. The summed E-state index contributed by atoms with van der Waals surface area (Å²) in [5.41, 5.74) is 3.44. The van der Waals surface area contributed by atoms with Gasteiger partial charge in [0.05, 0.1) is 16.8 Å². The molecule has 0 bridgehead atoms. The highest BCUT2D eigenvalue weighted by Gasteiger charge is 2.12. The number of fused-ring (bicyclic) bond motifs is 1. The summed E-state index contributed by atoms with van der Waals surface area (Å²) in [5, 5.41) is 13.8. The first-order valence-electron chi connectivity index (χ1n) is 6.99. The first-order valence-corrected chi connectivity index (χ1v) is 7.78. The number of halogens is 1. The molecule has 4 heteroatoms. The van der Waals surface area contributed by atoms with Gasteiger partial charge in [-0.15, -0.1) is 0 Å². The van der Waals surface area contributed by atoms with Gasteiger partial charge in [-0.1, -0.05) is 46.3 Å². The predicted molar refractivity (Wildman–Crippen MR) is 92.6 cm³/mol. The van der Waals surface area contributed by atoms with Crippen LogP contribution in [0, 0.1) is 11.3 Å². The number of pyridine rings is 1. The maximum absolute atomic E-state index is 9.36. The first-order chi connectivity index (χ1) is 10.7. The topological polar surface area (TPSA) is 48.7 Å². The molecule has 22 heavy (non-hydrogen) atoms. The number of para-hydroxylation sites is 1. The maximum atomic E-state index is 9.36. The van der Waals surface area contributed by atoms with E-state index in [9.17, 15) is 5.26 Å². The van der Waals surface area contributed by atoms with Crippen LogP contribution in [0.4, 0.5) is 5.69 Å². The number of aromatic nitrogens is 1. The van der Waals surface area contributed by atoms with E-state index in [2.05, 4.69) is 51.4 Å². The molecule has 1 heterocycles. The minimum Gasteiger partial charge on any atom is -0.377 e.